The average molecular weight is 242 g/mol. The molecule has 0 amide bonds. The topological polar surface area (TPSA) is 0 Å². The first kappa shape index (κ1) is 12.9. The van der Waals surface area contributed by atoms with Crippen LogP contribution in [0.1, 0.15) is 44.9 Å². The van der Waals surface area contributed by atoms with E-state index in [1.165, 1.54) is 12.8 Å². The monoisotopic (exact) mass is 242 g/mol. The molecule has 0 aromatic carbocycles. The Bertz CT molecular complexity index is 262. The molecular weight excluding hydrogens is 227 g/mol. The molecule has 2 spiro atoms. The third kappa shape index (κ3) is 2.24. The van der Waals surface area contributed by atoms with Gasteiger partial charge in [-0.1, -0.05) is 17.7 Å². The summed E-state index contributed by atoms with van der Waals surface area (Å²) in [5, 5.41) is 0. The minimum Gasteiger partial charge on any atom is -0.449 e. The second-order valence-corrected chi connectivity index (χ2v) is 5.80. The maximum absolute atomic E-state index is 12.5. The summed E-state index contributed by atoms with van der Waals surface area (Å²) in [4.78, 5) is 0. The number of hydrogen-bond acceptors (Lipinski definition) is 0. The largest absolute Gasteiger partial charge is 1.00 e. The van der Waals surface area contributed by atoms with E-state index in [0.717, 1.165) is 25.7 Å². The molecular formula is C10H15BF3K. The van der Waals surface area contributed by atoms with E-state index < -0.39 is 12.8 Å². The first-order valence-electron chi connectivity index (χ1n) is 5.66. The van der Waals surface area contributed by atoms with E-state index in [1.54, 1.807) is 0 Å². The second-order valence-electron chi connectivity index (χ2n) is 5.80. The van der Waals surface area contributed by atoms with E-state index in [4.69, 9.17) is 0 Å². The first-order chi connectivity index (χ1) is 6.46. The van der Waals surface area contributed by atoms with E-state index in [0.29, 0.717) is 11.8 Å². The van der Waals surface area contributed by atoms with Gasteiger partial charge in [-0.2, -0.15) is 0 Å². The van der Waals surface area contributed by atoms with Crippen LogP contribution in [-0.2, 0) is 0 Å². The number of rotatable bonds is 1. The Morgan fingerprint density at radius 3 is 1.67 bits per heavy atom. The summed E-state index contributed by atoms with van der Waals surface area (Å²) in [5.41, 5.74) is 0.253. The van der Waals surface area contributed by atoms with Crippen molar-refractivity contribution in [2.45, 2.75) is 50.8 Å². The van der Waals surface area contributed by atoms with Crippen LogP contribution >= 0.6 is 0 Å². The Kier molecular flexibility index (Phi) is 3.23. The van der Waals surface area contributed by atoms with Crippen LogP contribution in [0.4, 0.5) is 12.9 Å². The summed E-state index contributed by atoms with van der Waals surface area (Å²) >= 11 is 0. The zero-order chi connectivity index (χ0) is 10.0. The molecule has 3 rings (SSSR count). The van der Waals surface area contributed by atoms with Crippen LogP contribution < -0.4 is 51.4 Å². The number of hydrogen-bond donors (Lipinski definition) is 0. The van der Waals surface area contributed by atoms with Crippen LogP contribution in [-0.4, -0.2) is 6.98 Å². The molecule has 3 fully saturated rings. The van der Waals surface area contributed by atoms with Gasteiger partial charge >= 0.3 is 58.4 Å². The average Bonchev–Trinajstić information content (AvgIpc) is 2.90. The fourth-order valence-electron chi connectivity index (χ4n) is 3.44. The molecule has 3 aliphatic rings. The van der Waals surface area contributed by atoms with E-state index in [9.17, 15) is 12.9 Å². The Balaban J connectivity index is 0.000000853. The number of halogens is 3. The Morgan fingerprint density at radius 2 is 1.33 bits per heavy atom. The molecule has 3 aliphatic carbocycles. The fourth-order valence-corrected chi connectivity index (χ4v) is 3.44. The minimum absolute atomic E-state index is 0. The van der Waals surface area contributed by atoms with Crippen LogP contribution in [0.2, 0.25) is 5.82 Å². The third-order valence-electron chi connectivity index (χ3n) is 4.97. The predicted molar refractivity (Wildman–Crippen MR) is 50.0 cm³/mol. The molecule has 1 atom stereocenters. The summed E-state index contributed by atoms with van der Waals surface area (Å²) in [6.45, 7) is -4.55. The third-order valence-corrected chi connectivity index (χ3v) is 4.97. The van der Waals surface area contributed by atoms with Gasteiger partial charge in [-0.15, -0.1) is 0 Å². The van der Waals surface area contributed by atoms with Crippen LogP contribution in [0.25, 0.3) is 0 Å². The van der Waals surface area contributed by atoms with Crippen molar-refractivity contribution in [1.82, 2.24) is 0 Å². The van der Waals surface area contributed by atoms with Crippen LogP contribution in [0.3, 0.4) is 0 Å². The molecule has 80 valence electrons. The van der Waals surface area contributed by atoms with Gasteiger partial charge in [0.2, 0.25) is 0 Å². The van der Waals surface area contributed by atoms with Gasteiger partial charge in [0.05, 0.1) is 0 Å². The van der Waals surface area contributed by atoms with Gasteiger partial charge in [0.15, 0.2) is 0 Å². The molecule has 0 aromatic heterocycles. The normalized spacial score (nSPS) is 35.0. The van der Waals surface area contributed by atoms with Crippen molar-refractivity contribution in [1.29, 1.82) is 0 Å². The van der Waals surface area contributed by atoms with Gasteiger partial charge in [0, 0.05) is 0 Å². The summed E-state index contributed by atoms with van der Waals surface area (Å²) in [6.07, 6.45) is 6.89. The zero-order valence-corrected chi connectivity index (χ0v) is 12.4. The van der Waals surface area contributed by atoms with E-state index in [2.05, 4.69) is 0 Å². The standard InChI is InChI=1S/C10H15BF3.K/c12-11(13,14)8-7-10(8)5-3-9(1-2-9)4-6-10;/h8H,1-7H2;/q-1;+1. The maximum Gasteiger partial charge on any atom is 1.00 e. The van der Waals surface area contributed by atoms with Gasteiger partial charge in [-0.3, -0.25) is 0 Å². The molecule has 5 heteroatoms. The van der Waals surface area contributed by atoms with Crippen LogP contribution in [0, 0.1) is 10.8 Å². The molecule has 0 heterocycles. The molecule has 0 saturated heterocycles. The molecule has 0 N–H and O–H groups in total. The zero-order valence-electron chi connectivity index (χ0n) is 9.24. The predicted octanol–water partition coefficient (Wildman–Crippen LogP) is 0.952. The van der Waals surface area contributed by atoms with Crippen LogP contribution in [0.5, 0.6) is 0 Å². The van der Waals surface area contributed by atoms with Gasteiger partial charge in [-0.05, 0) is 43.9 Å². The second kappa shape index (κ2) is 3.74. The molecule has 0 nitrogen and oxygen atoms in total. The molecule has 0 aliphatic heterocycles. The van der Waals surface area contributed by atoms with Gasteiger partial charge in [0.25, 0.3) is 0 Å². The summed E-state index contributed by atoms with van der Waals surface area (Å²) in [7, 11) is 0. The summed E-state index contributed by atoms with van der Waals surface area (Å²) in [5.74, 6) is -0.890. The van der Waals surface area contributed by atoms with Crippen molar-refractivity contribution in [3.63, 3.8) is 0 Å². The quantitative estimate of drug-likeness (QED) is 0.601. The molecule has 0 radical (unpaired) electrons. The molecule has 0 bridgehead atoms. The van der Waals surface area contributed by atoms with E-state index in [-0.39, 0.29) is 56.8 Å². The minimum atomic E-state index is -4.55. The van der Waals surface area contributed by atoms with Gasteiger partial charge < -0.3 is 12.9 Å². The maximum atomic E-state index is 12.5. The Hall–Kier alpha value is 1.49. The van der Waals surface area contributed by atoms with Crippen molar-refractivity contribution < 1.29 is 64.3 Å². The van der Waals surface area contributed by atoms with E-state index in [1.807, 2.05) is 0 Å². The Morgan fingerprint density at radius 1 is 0.867 bits per heavy atom. The summed E-state index contributed by atoms with van der Waals surface area (Å²) in [6, 6.07) is 0. The first-order valence-corrected chi connectivity index (χ1v) is 5.66. The molecule has 15 heavy (non-hydrogen) atoms. The van der Waals surface area contributed by atoms with Gasteiger partial charge in [0.1, 0.15) is 0 Å². The molecule has 0 aromatic rings. The van der Waals surface area contributed by atoms with Crippen LogP contribution in [0.15, 0.2) is 0 Å². The molecule has 3 saturated carbocycles. The van der Waals surface area contributed by atoms with E-state index >= 15 is 0 Å². The SMILES string of the molecule is F[B-](F)(F)C1CC12CCC1(CC1)CC2.[K+]. The van der Waals surface area contributed by atoms with Crippen molar-refractivity contribution in [3.8, 4) is 0 Å². The fraction of sp³-hybridized carbons (Fsp3) is 1.00. The van der Waals surface area contributed by atoms with Gasteiger partial charge in [-0.25, -0.2) is 0 Å². The van der Waals surface area contributed by atoms with Crippen molar-refractivity contribution in [2.75, 3.05) is 0 Å². The Labute approximate surface area is 131 Å². The molecule has 1 unspecified atom stereocenters. The summed E-state index contributed by atoms with van der Waals surface area (Å²) < 4.78 is 37.6. The van der Waals surface area contributed by atoms with Crippen molar-refractivity contribution >= 4 is 6.98 Å². The van der Waals surface area contributed by atoms with Crippen molar-refractivity contribution in [3.05, 3.63) is 0 Å². The van der Waals surface area contributed by atoms with Crippen molar-refractivity contribution in [2.24, 2.45) is 10.8 Å². The smallest absolute Gasteiger partial charge is 0.449 e.